The molecule has 2 aromatic heterocycles. The fourth-order valence-corrected chi connectivity index (χ4v) is 4.85. The van der Waals surface area contributed by atoms with Gasteiger partial charge in [-0.25, -0.2) is 14.4 Å². The topological polar surface area (TPSA) is 58.1 Å². The van der Waals surface area contributed by atoms with Gasteiger partial charge < -0.3 is 10.2 Å². The summed E-state index contributed by atoms with van der Waals surface area (Å²) in [6.07, 6.45) is 6.98. The lowest BCUT2D eigenvalue weighted by Gasteiger charge is -2.29. The minimum atomic E-state index is -0.715. The summed E-state index contributed by atoms with van der Waals surface area (Å²) < 4.78 is 29.2. The third-order valence-electron chi connectivity index (χ3n) is 7.36. The lowest BCUT2D eigenvalue weighted by atomic mass is 9.99. The first-order valence-electron chi connectivity index (χ1n) is 12.7. The Balaban J connectivity index is 1.48. The van der Waals surface area contributed by atoms with Gasteiger partial charge in [-0.3, -0.25) is 4.79 Å². The maximum Gasteiger partial charge on any atom is 0.255 e. The molecular formula is C30H30F2N4O. The van der Waals surface area contributed by atoms with Crippen LogP contribution in [0.1, 0.15) is 73.3 Å². The molecule has 0 spiro atoms. The summed E-state index contributed by atoms with van der Waals surface area (Å²) in [5.74, 6) is 4.18. The Morgan fingerprint density at radius 3 is 2.54 bits per heavy atom. The Morgan fingerprint density at radius 2 is 1.84 bits per heavy atom. The van der Waals surface area contributed by atoms with Gasteiger partial charge in [-0.05, 0) is 87.3 Å². The van der Waals surface area contributed by atoms with Crippen LogP contribution < -0.4 is 10.2 Å². The molecule has 3 aromatic rings. The molecule has 1 aromatic carbocycles. The molecule has 1 N–H and O–H groups in total. The maximum absolute atomic E-state index is 15.0. The summed E-state index contributed by atoms with van der Waals surface area (Å²) in [6, 6.07) is 7.74. The molecule has 3 heterocycles. The predicted octanol–water partition coefficient (Wildman–Crippen LogP) is 6.40. The standard InChI is InChI=1S/C30H30F2N4O/c1-4-8-24-26(36-11-6-5-7-12-36)14-21(18-33-24)22-17-25(23(31)13-19(22)2)34-29(37)20-15-27(30(3)9-10-30)35-28(32)16-20/h13-18H,5-7,9-12H2,1-3H3,(H,34,37). The molecule has 37 heavy (non-hydrogen) atoms. The van der Waals surface area contributed by atoms with Gasteiger partial charge in [0.25, 0.3) is 5.91 Å². The number of nitrogens with zero attached hydrogens (tertiary/aromatic N) is 3. The number of carbonyl (C=O) groups excluding carboxylic acids is 1. The smallest absolute Gasteiger partial charge is 0.255 e. The van der Waals surface area contributed by atoms with Crippen LogP contribution in [0.5, 0.6) is 0 Å². The van der Waals surface area contributed by atoms with Gasteiger partial charge in [-0.15, -0.1) is 0 Å². The summed E-state index contributed by atoms with van der Waals surface area (Å²) >= 11 is 0. The number of aromatic nitrogens is 2. The SMILES string of the molecule is CC#Cc1ncc(-c2cc(NC(=O)c3cc(F)nc(C4(C)CC4)c3)c(F)cc2C)cc1N1CCCCC1. The van der Waals surface area contributed by atoms with Gasteiger partial charge in [0, 0.05) is 41.9 Å². The quantitative estimate of drug-likeness (QED) is 0.326. The van der Waals surface area contributed by atoms with Crippen LogP contribution in [0, 0.1) is 30.5 Å². The maximum atomic E-state index is 15.0. The first-order valence-corrected chi connectivity index (χ1v) is 12.7. The van der Waals surface area contributed by atoms with E-state index < -0.39 is 17.7 Å². The average Bonchev–Trinajstić information content (AvgIpc) is 3.65. The highest BCUT2D eigenvalue weighted by atomic mass is 19.1. The lowest BCUT2D eigenvalue weighted by Crippen LogP contribution is -2.30. The van der Waals surface area contributed by atoms with Crippen molar-refractivity contribution in [1.29, 1.82) is 0 Å². The Morgan fingerprint density at radius 1 is 1.08 bits per heavy atom. The number of pyridine rings is 2. The molecule has 7 heteroatoms. The Labute approximate surface area is 216 Å². The molecule has 0 radical (unpaired) electrons. The number of aryl methyl sites for hydroxylation is 1. The second kappa shape index (κ2) is 9.93. The van der Waals surface area contributed by atoms with Gasteiger partial charge in [-0.1, -0.05) is 12.8 Å². The van der Waals surface area contributed by atoms with Crippen molar-refractivity contribution in [3.8, 4) is 23.0 Å². The van der Waals surface area contributed by atoms with E-state index in [1.807, 2.05) is 19.9 Å². The zero-order valence-electron chi connectivity index (χ0n) is 21.4. The summed E-state index contributed by atoms with van der Waals surface area (Å²) in [5.41, 5.74) is 4.47. The van der Waals surface area contributed by atoms with Crippen molar-refractivity contribution in [1.82, 2.24) is 9.97 Å². The first-order chi connectivity index (χ1) is 17.8. The summed E-state index contributed by atoms with van der Waals surface area (Å²) in [6.45, 7) is 7.49. The van der Waals surface area contributed by atoms with Crippen molar-refractivity contribution in [2.75, 3.05) is 23.3 Å². The number of hydrogen-bond donors (Lipinski definition) is 1. The molecule has 2 fully saturated rings. The number of amides is 1. The fraction of sp³-hybridized carbons (Fsp3) is 0.367. The highest BCUT2D eigenvalue weighted by Gasteiger charge is 2.41. The number of rotatable bonds is 5. The third-order valence-corrected chi connectivity index (χ3v) is 7.36. The van der Waals surface area contributed by atoms with Crippen LogP contribution in [0.4, 0.5) is 20.2 Å². The zero-order chi connectivity index (χ0) is 26.2. The molecule has 1 amide bonds. The van der Waals surface area contributed by atoms with Crippen LogP contribution in [0.2, 0.25) is 0 Å². The van der Waals surface area contributed by atoms with E-state index in [2.05, 4.69) is 32.0 Å². The number of hydrogen-bond acceptors (Lipinski definition) is 4. The highest BCUT2D eigenvalue weighted by Crippen LogP contribution is 2.46. The van der Waals surface area contributed by atoms with Crippen LogP contribution in [0.3, 0.4) is 0 Å². The van der Waals surface area contributed by atoms with Crippen molar-refractivity contribution < 1.29 is 13.6 Å². The van der Waals surface area contributed by atoms with Crippen LogP contribution in [0.25, 0.3) is 11.1 Å². The Bertz CT molecular complexity index is 1430. The number of carbonyl (C=O) groups is 1. The van der Waals surface area contributed by atoms with Crippen molar-refractivity contribution in [3.05, 3.63) is 70.8 Å². The van der Waals surface area contributed by atoms with Crippen molar-refractivity contribution in [3.63, 3.8) is 0 Å². The highest BCUT2D eigenvalue weighted by molar-refractivity contribution is 6.04. The van der Waals surface area contributed by atoms with E-state index >= 15 is 0 Å². The number of halogens is 2. The largest absolute Gasteiger partial charge is 0.369 e. The molecule has 1 saturated heterocycles. The monoisotopic (exact) mass is 500 g/mol. The number of nitrogens with one attached hydrogen (secondary N) is 1. The molecule has 1 saturated carbocycles. The Kier molecular flexibility index (Phi) is 6.68. The first kappa shape index (κ1) is 24.9. The van der Waals surface area contributed by atoms with Crippen LogP contribution >= 0.6 is 0 Å². The van der Waals surface area contributed by atoms with E-state index in [9.17, 15) is 13.6 Å². The second-order valence-corrected chi connectivity index (χ2v) is 10.2. The van der Waals surface area contributed by atoms with Crippen LogP contribution in [-0.2, 0) is 5.41 Å². The fourth-order valence-electron chi connectivity index (χ4n) is 4.85. The molecule has 1 aliphatic heterocycles. The number of benzene rings is 1. The lowest BCUT2D eigenvalue weighted by molar-refractivity contribution is 0.102. The Hall–Kier alpha value is -3.79. The van der Waals surface area contributed by atoms with Gasteiger partial charge in [-0.2, -0.15) is 4.39 Å². The molecule has 0 unspecified atom stereocenters. The minimum absolute atomic E-state index is 0.0268. The summed E-state index contributed by atoms with van der Waals surface area (Å²) in [4.78, 5) is 23.9. The van der Waals surface area contributed by atoms with Crippen molar-refractivity contribution in [2.45, 2.75) is 58.3 Å². The minimum Gasteiger partial charge on any atom is -0.369 e. The average molecular weight is 501 g/mol. The van der Waals surface area contributed by atoms with Gasteiger partial charge in [0.1, 0.15) is 11.5 Å². The van der Waals surface area contributed by atoms with Crippen molar-refractivity contribution >= 4 is 17.3 Å². The van der Waals surface area contributed by atoms with Gasteiger partial charge in [0.05, 0.1) is 17.1 Å². The molecule has 2 aliphatic rings. The van der Waals surface area contributed by atoms with E-state index in [0.29, 0.717) is 5.69 Å². The van der Waals surface area contributed by atoms with E-state index in [4.69, 9.17) is 0 Å². The molecule has 5 nitrogen and oxygen atoms in total. The predicted molar refractivity (Wildman–Crippen MR) is 142 cm³/mol. The molecular weight excluding hydrogens is 470 g/mol. The summed E-state index contributed by atoms with van der Waals surface area (Å²) in [5, 5.41) is 2.64. The van der Waals surface area contributed by atoms with E-state index in [0.717, 1.165) is 72.9 Å². The van der Waals surface area contributed by atoms with Crippen LogP contribution in [0.15, 0.2) is 36.5 Å². The van der Waals surface area contributed by atoms with E-state index in [1.165, 1.54) is 12.5 Å². The summed E-state index contributed by atoms with van der Waals surface area (Å²) in [7, 11) is 0. The van der Waals surface area contributed by atoms with Gasteiger partial charge >= 0.3 is 0 Å². The molecule has 0 bridgehead atoms. The third kappa shape index (κ3) is 5.20. The van der Waals surface area contributed by atoms with E-state index in [1.54, 1.807) is 25.3 Å². The van der Waals surface area contributed by atoms with Gasteiger partial charge in [0.2, 0.25) is 5.95 Å². The van der Waals surface area contributed by atoms with Crippen molar-refractivity contribution in [2.24, 2.45) is 0 Å². The molecule has 0 atom stereocenters. The van der Waals surface area contributed by atoms with Crippen LogP contribution in [-0.4, -0.2) is 29.0 Å². The van der Waals surface area contributed by atoms with Gasteiger partial charge in [0.15, 0.2) is 0 Å². The second-order valence-electron chi connectivity index (χ2n) is 10.2. The zero-order valence-corrected chi connectivity index (χ0v) is 21.4. The van der Waals surface area contributed by atoms with E-state index in [-0.39, 0.29) is 16.7 Å². The number of anilines is 2. The number of piperidine rings is 1. The normalized spacial score (nSPS) is 16.1. The molecule has 1 aliphatic carbocycles. The molecule has 5 rings (SSSR count). The molecule has 190 valence electrons.